The molecule has 0 fully saturated rings. The summed E-state index contributed by atoms with van der Waals surface area (Å²) >= 11 is 1.48. The van der Waals surface area contributed by atoms with Crippen molar-refractivity contribution in [1.29, 1.82) is 0 Å². The van der Waals surface area contributed by atoms with Crippen LogP contribution in [0.4, 0.5) is 5.13 Å². The number of nitrogens with zero attached hydrogens (tertiary/aromatic N) is 3. The largest absolute Gasteiger partial charge is 0.497 e. The molecule has 31 heavy (non-hydrogen) atoms. The molecule has 0 radical (unpaired) electrons. The summed E-state index contributed by atoms with van der Waals surface area (Å²) in [6, 6.07) is 23.3. The Morgan fingerprint density at radius 2 is 1.90 bits per heavy atom. The predicted molar refractivity (Wildman–Crippen MR) is 125 cm³/mol. The Bertz CT molecular complexity index is 1380. The van der Waals surface area contributed by atoms with E-state index >= 15 is 0 Å². The maximum Gasteiger partial charge on any atom is 0.261 e. The summed E-state index contributed by atoms with van der Waals surface area (Å²) in [5, 5.41) is 2.60. The van der Waals surface area contributed by atoms with Crippen LogP contribution in [0.15, 0.2) is 85.2 Å². The van der Waals surface area contributed by atoms with Crippen molar-refractivity contribution >= 4 is 43.4 Å². The molecule has 0 aliphatic carbocycles. The second-order valence-corrected chi connectivity index (χ2v) is 8.12. The van der Waals surface area contributed by atoms with Crippen LogP contribution in [-0.2, 0) is 6.54 Å². The summed E-state index contributed by atoms with van der Waals surface area (Å²) in [7, 11) is 1.64. The lowest BCUT2D eigenvalue weighted by Gasteiger charge is -2.21. The minimum atomic E-state index is -0.0910. The molecule has 0 bridgehead atoms. The molecule has 152 valence electrons. The van der Waals surface area contributed by atoms with Crippen LogP contribution < -0.4 is 9.64 Å². The van der Waals surface area contributed by atoms with Crippen LogP contribution in [-0.4, -0.2) is 23.0 Å². The number of anilines is 1. The highest BCUT2D eigenvalue weighted by atomic mass is 32.1. The van der Waals surface area contributed by atoms with E-state index in [1.807, 2.05) is 72.8 Å². The number of rotatable bonds is 5. The lowest BCUT2D eigenvalue weighted by atomic mass is 10.0. The van der Waals surface area contributed by atoms with Crippen molar-refractivity contribution in [3.63, 3.8) is 0 Å². The van der Waals surface area contributed by atoms with Crippen LogP contribution in [0.1, 0.15) is 15.9 Å². The molecular weight excluding hydrogens is 406 g/mol. The van der Waals surface area contributed by atoms with Crippen LogP contribution >= 0.6 is 11.3 Å². The minimum Gasteiger partial charge on any atom is -0.497 e. The summed E-state index contributed by atoms with van der Waals surface area (Å²) in [5.41, 5.74) is 2.43. The molecule has 0 saturated heterocycles. The molecule has 5 rings (SSSR count). The number of benzene rings is 3. The Morgan fingerprint density at radius 1 is 1.03 bits per heavy atom. The van der Waals surface area contributed by atoms with Crippen LogP contribution in [0.25, 0.3) is 21.0 Å². The molecule has 2 heterocycles. The summed E-state index contributed by atoms with van der Waals surface area (Å²) in [6.45, 7) is 0.382. The van der Waals surface area contributed by atoms with Gasteiger partial charge in [0.15, 0.2) is 5.13 Å². The smallest absolute Gasteiger partial charge is 0.261 e. The number of amides is 1. The van der Waals surface area contributed by atoms with Crippen molar-refractivity contribution in [2.24, 2.45) is 0 Å². The van der Waals surface area contributed by atoms with Gasteiger partial charge in [0.1, 0.15) is 5.75 Å². The second-order valence-electron chi connectivity index (χ2n) is 7.11. The van der Waals surface area contributed by atoms with E-state index in [0.29, 0.717) is 17.2 Å². The van der Waals surface area contributed by atoms with E-state index in [1.165, 1.54) is 11.3 Å². The SMILES string of the molecule is COc1ccc2nc(N(Cc3cccnc3)C(=O)c3cccc4ccccc34)sc2c1. The average molecular weight is 426 g/mol. The first-order chi connectivity index (χ1) is 15.2. The van der Waals surface area contributed by atoms with Crippen molar-refractivity contribution in [2.75, 3.05) is 12.0 Å². The third-order valence-electron chi connectivity index (χ3n) is 5.14. The fourth-order valence-corrected chi connectivity index (χ4v) is 4.58. The first-order valence-corrected chi connectivity index (χ1v) is 10.7. The topological polar surface area (TPSA) is 55.3 Å². The number of hydrogen-bond acceptors (Lipinski definition) is 5. The number of aromatic nitrogens is 2. The van der Waals surface area contributed by atoms with Gasteiger partial charge in [-0.15, -0.1) is 0 Å². The number of fused-ring (bicyclic) bond motifs is 2. The van der Waals surface area contributed by atoms with Gasteiger partial charge in [-0.2, -0.15) is 0 Å². The highest BCUT2D eigenvalue weighted by Crippen LogP contribution is 2.33. The zero-order valence-corrected chi connectivity index (χ0v) is 17.7. The van der Waals surface area contributed by atoms with E-state index in [0.717, 1.165) is 32.3 Å². The molecule has 2 aromatic heterocycles. The Kier molecular flexibility index (Phi) is 5.06. The maximum atomic E-state index is 13.8. The predicted octanol–water partition coefficient (Wildman–Crippen LogP) is 5.70. The van der Waals surface area contributed by atoms with E-state index in [-0.39, 0.29) is 5.91 Å². The number of carbonyl (C=O) groups excluding carboxylic acids is 1. The molecular formula is C25H19N3O2S. The molecule has 0 atom stereocenters. The summed E-state index contributed by atoms with van der Waals surface area (Å²) in [6.07, 6.45) is 3.50. The van der Waals surface area contributed by atoms with Gasteiger partial charge in [-0.1, -0.05) is 53.8 Å². The van der Waals surface area contributed by atoms with E-state index in [9.17, 15) is 4.79 Å². The number of methoxy groups -OCH3 is 1. The van der Waals surface area contributed by atoms with Gasteiger partial charge in [-0.05, 0) is 46.7 Å². The fraction of sp³-hybridized carbons (Fsp3) is 0.0800. The first-order valence-electron chi connectivity index (χ1n) is 9.86. The Balaban J connectivity index is 1.62. The van der Waals surface area contributed by atoms with Crippen LogP contribution in [0.5, 0.6) is 5.75 Å². The normalized spacial score (nSPS) is 11.0. The number of carbonyl (C=O) groups is 1. The molecule has 3 aromatic carbocycles. The van der Waals surface area contributed by atoms with Crippen molar-refractivity contribution in [1.82, 2.24) is 9.97 Å². The maximum absolute atomic E-state index is 13.8. The van der Waals surface area contributed by atoms with Gasteiger partial charge in [0.2, 0.25) is 0 Å². The van der Waals surface area contributed by atoms with Gasteiger partial charge in [-0.25, -0.2) is 4.98 Å². The third kappa shape index (κ3) is 3.73. The van der Waals surface area contributed by atoms with Gasteiger partial charge in [0.05, 0.1) is 23.9 Å². The lowest BCUT2D eigenvalue weighted by Crippen LogP contribution is -2.30. The number of ether oxygens (including phenoxy) is 1. The van der Waals surface area contributed by atoms with Crippen LogP contribution in [0, 0.1) is 0 Å². The Morgan fingerprint density at radius 3 is 2.74 bits per heavy atom. The molecule has 5 aromatic rings. The van der Waals surface area contributed by atoms with Gasteiger partial charge >= 0.3 is 0 Å². The standard InChI is InChI=1S/C25H19N3O2S/c1-30-19-11-12-22-23(14-19)31-25(27-22)28(16-17-6-5-13-26-15-17)24(29)21-10-4-8-18-7-2-3-9-20(18)21/h2-15H,16H2,1H3. The Hall–Kier alpha value is -3.77. The van der Waals surface area contributed by atoms with Gasteiger partial charge < -0.3 is 4.74 Å². The minimum absolute atomic E-state index is 0.0910. The average Bonchev–Trinajstić information content (AvgIpc) is 3.25. The van der Waals surface area contributed by atoms with Crippen molar-refractivity contribution in [2.45, 2.75) is 6.54 Å². The lowest BCUT2D eigenvalue weighted by molar-refractivity contribution is 0.0986. The zero-order valence-electron chi connectivity index (χ0n) is 16.9. The molecule has 0 aliphatic heterocycles. The molecule has 0 N–H and O–H groups in total. The number of pyridine rings is 1. The summed E-state index contributed by atoms with van der Waals surface area (Å²) < 4.78 is 6.31. The van der Waals surface area contributed by atoms with Crippen molar-refractivity contribution in [3.05, 3.63) is 96.3 Å². The van der Waals surface area contributed by atoms with Gasteiger partial charge in [0, 0.05) is 18.0 Å². The molecule has 6 heteroatoms. The van der Waals surface area contributed by atoms with E-state index < -0.39 is 0 Å². The van der Waals surface area contributed by atoms with Gasteiger partial charge in [-0.3, -0.25) is 14.7 Å². The monoisotopic (exact) mass is 425 g/mol. The molecule has 0 spiro atoms. The number of hydrogen-bond donors (Lipinski definition) is 0. The molecule has 0 saturated carbocycles. The highest BCUT2D eigenvalue weighted by Gasteiger charge is 2.23. The van der Waals surface area contributed by atoms with Crippen LogP contribution in [0.2, 0.25) is 0 Å². The quantitative estimate of drug-likeness (QED) is 0.362. The van der Waals surface area contributed by atoms with Crippen molar-refractivity contribution < 1.29 is 9.53 Å². The molecule has 0 aliphatic rings. The molecule has 0 unspecified atom stereocenters. The summed E-state index contributed by atoms with van der Waals surface area (Å²) in [4.78, 5) is 24.5. The van der Waals surface area contributed by atoms with Crippen LogP contribution in [0.3, 0.4) is 0 Å². The summed E-state index contributed by atoms with van der Waals surface area (Å²) in [5.74, 6) is 0.675. The fourth-order valence-electron chi connectivity index (χ4n) is 3.59. The van der Waals surface area contributed by atoms with E-state index in [1.54, 1.807) is 24.4 Å². The second kappa shape index (κ2) is 8.16. The molecule has 5 nitrogen and oxygen atoms in total. The van der Waals surface area contributed by atoms with Crippen molar-refractivity contribution in [3.8, 4) is 5.75 Å². The third-order valence-corrected chi connectivity index (χ3v) is 6.19. The molecule has 1 amide bonds. The van der Waals surface area contributed by atoms with E-state index in [2.05, 4.69) is 4.98 Å². The first kappa shape index (κ1) is 19.2. The van der Waals surface area contributed by atoms with Gasteiger partial charge in [0.25, 0.3) is 5.91 Å². The zero-order chi connectivity index (χ0) is 21.2. The highest BCUT2D eigenvalue weighted by molar-refractivity contribution is 7.22. The van der Waals surface area contributed by atoms with E-state index in [4.69, 9.17) is 9.72 Å². The number of thiazole rings is 1. The Labute approximate surface area is 183 Å².